The van der Waals surface area contributed by atoms with Crippen molar-refractivity contribution < 1.29 is 9.15 Å². The van der Waals surface area contributed by atoms with Crippen LogP contribution in [0.25, 0.3) is 32.8 Å². The van der Waals surface area contributed by atoms with Crippen LogP contribution in [0.3, 0.4) is 0 Å². The molecule has 0 bridgehead atoms. The zero-order valence-electron chi connectivity index (χ0n) is 17.0. The predicted molar refractivity (Wildman–Crippen MR) is 126 cm³/mol. The highest BCUT2D eigenvalue weighted by molar-refractivity contribution is 7.13. The average Bonchev–Trinajstić information content (AvgIpc) is 3.51. The van der Waals surface area contributed by atoms with Gasteiger partial charge < -0.3 is 9.15 Å². The van der Waals surface area contributed by atoms with Crippen LogP contribution in [0.2, 0.25) is 0 Å². The first kappa shape index (κ1) is 19.7. The maximum atomic E-state index is 6.18. The second-order valence-corrected chi connectivity index (χ2v) is 8.61. The molecule has 0 spiro atoms. The summed E-state index contributed by atoms with van der Waals surface area (Å²) >= 11 is 3.04. The molecule has 2 aromatic carbocycles. The second kappa shape index (κ2) is 8.45. The first-order chi connectivity index (χ1) is 15.2. The van der Waals surface area contributed by atoms with Gasteiger partial charge in [0.25, 0.3) is 0 Å². The minimum Gasteiger partial charge on any atom is -0.497 e. The Morgan fingerprint density at radius 1 is 1.06 bits per heavy atom. The van der Waals surface area contributed by atoms with Gasteiger partial charge in [-0.25, -0.2) is 9.97 Å². The van der Waals surface area contributed by atoms with E-state index >= 15 is 0 Å². The summed E-state index contributed by atoms with van der Waals surface area (Å²) < 4.78 is 11.6. The van der Waals surface area contributed by atoms with E-state index in [1.165, 1.54) is 16.9 Å². The highest BCUT2D eigenvalue weighted by Crippen LogP contribution is 2.30. The molecule has 0 aliphatic heterocycles. The maximum Gasteiger partial charge on any atom is 0.232 e. The Morgan fingerprint density at radius 3 is 2.68 bits per heavy atom. The lowest BCUT2D eigenvalue weighted by molar-refractivity contribution is 0.415. The number of thiazole rings is 2. The van der Waals surface area contributed by atoms with Crippen LogP contribution >= 0.6 is 22.7 Å². The van der Waals surface area contributed by atoms with Gasteiger partial charge in [0.05, 0.1) is 18.4 Å². The Bertz CT molecular complexity index is 1400. The fourth-order valence-corrected chi connectivity index (χ4v) is 4.61. The van der Waals surface area contributed by atoms with Crippen molar-refractivity contribution in [1.82, 2.24) is 9.97 Å². The molecule has 0 fully saturated rings. The molecule has 31 heavy (non-hydrogen) atoms. The smallest absolute Gasteiger partial charge is 0.232 e. The number of nitrogens with zero attached hydrogens (tertiary/aromatic N) is 3. The maximum absolute atomic E-state index is 6.18. The minimum atomic E-state index is 0.495. The SMILES string of the molecule is CCc1ccc(-c2csc(-c3cc4cc(OC)ccc4o/c3=N\c3nccs3)n2)cc1. The Hall–Kier alpha value is -3.29. The van der Waals surface area contributed by atoms with Crippen molar-refractivity contribution in [2.24, 2.45) is 4.99 Å². The van der Waals surface area contributed by atoms with E-state index in [2.05, 4.69) is 52.6 Å². The van der Waals surface area contributed by atoms with E-state index in [-0.39, 0.29) is 0 Å². The zero-order valence-corrected chi connectivity index (χ0v) is 18.7. The third-order valence-electron chi connectivity index (χ3n) is 4.96. The van der Waals surface area contributed by atoms with Gasteiger partial charge in [-0.1, -0.05) is 31.2 Å². The summed E-state index contributed by atoms with van der Waals surface area (Å²) in [6.07, 6.45) is 2.75. The van der Waals surface area contributed by atoms with Gasteiger partial charge in [0.2, 0.25) is 10.7 Å². The number of aryl methyl sites for hydroxylation is 1. The molecule has 0 aliphatic rings. The van der Waals surface area contributed by atoms with E-state index in [0.29, 0.717) is 10.7 Å². The molecule has 0 atom stereocenters. The standard InChI is InChI=1S/C24H19N3O2S2/c1-3-15-4-6-16(7-5-15)20-14-31-23(26-20)19-13-17-12-18(28-2)8-9-21(17)29-22(19)27-24-25-10-11-30-24/h4-14H,3H2,1-2H3/b27-22-. The molecule has 154 valence electrons. The molecular weight excluding hydrogens is 426 g/mol. The van der Waals surface area contributed by atoms with Crippen LogP contribution < -0.4 is 10.3 Å². The molecule has 5 nitrogen and oxygen atoms in total. The van der Waals surface area contributed by atoms with Gasteiger partial charge in [0.15, 0.2) is 0 Å². The molecule has 0 radical (unpaired) electrons. The summed E-state index contributed by atoms with van der Waals surface area (Å²) in [6, 6.07) is 16.3. The number of ether oxygens (including phenoxy) is 1. The van der Waals surface area contributed by atoms with E-state index in [1.54, 1.807) is 24.6 Å². The van der Waals surface area contributed by atoms with Crippen LogP contribution in [-0.4, -0.2) is 17.1 Å². The number of benzene rings is 2. The molecule has 3 heterocycles. The fraction of sp³-hybridized carbons (Fsp3) is 0.125. The molecule has 5 rings (SSSR count). The van der Waals surface area contributed by atoms with Gasteiger partial charge in [-0.15, -0.1) is 22.7 Å². The Balaban J connectivity index is 1.66. The number of methoxy groups -OCH3 is 1. The molecule has 0 N–H and O–H groups in total. The molecular formula is C24H19N3O2S2. The Morgan fingerprint density at radius 2 is 1.94 bits per heavy atom. The van der Waals surface area contributed by atoms with Crippen molar-refractivity contribution in [3.8, 4) is 27.6 Å². The van der Waals surface area contributed by atoms with E-state index in [9.17, 15) is 0 Å². The van der Waals surface area contributed by atoms with Crippen LogP contribution in [-0.2, 0) is 6.42 Å². The van der Waals surface area contributed by atoms with E-state index in [1.807, 2.05) is 23.6 Å². The molecule has 0 saturated heterocycles. The van der Waals surface area contributed by atoms with Crippen molar-refractivity contribution in [2.45, 2.75) is 13.3 Å². The largest absolute Gasteiger partial charge is 0.497 e. The van der Waals surface area contributed by atoms with Crippen LogP contribution in [0.5, 0.6) is 5.75 Å². The van der Waals surface area contributed by atoms with Crippen molar-refractivity contribution in [1.29, 1.82) is 0 Å². The summed E-state index contributed by atoms with van der Waals surface area (Å²) in [7, 11) is 1.66. The van der Waals surface area contributed by atoms with Crippen molar-refractivity contribution in [3.63, 3.8) is 0 Å². The number of fused-ring (bicyclic) bond motifs is 1. The molecule has 7 heteroatoms. The van der Waals surface area contributed by atoms with Crippen LogP contribution in [0.4, 0.5) is 5.13 Å². The van der Waals surface area contributed by atoms with E-state index in [0.717, 1.165) is 45.0 Å². The number of hydrogen-bond donors (Lipinski definition) is 0. The lowest BCUT2D eigenvalue weighted by atomic mass is 10.1. The summed E-state index contributed by atoms with van der Waals surface area (Å²) in [5.74, 6) is 0.772. The predicted octanol–water partition coefficient (Wildman–Crippen LogP) is 6.48. The third kappa shape index (κ3) is 4.02. The topological polar surface area (TPSA) is 60.5 Å². The first-order valence-corrected chi connectivity index (χ1v) is 11.6. The summed E-state index contributed by atoms with van der Waals surface area (Å²) in [4.78, 5) is 13.8. The van der Waals surface area contributed by atoms with Crippen molar-refractivity contribution in [3.05, 3.63) is 76.6 Å². The summed E-state index contributed by atoms with van der Waals surface area (Å²) in [5.41, 5.74) is 5.40. The van der Waals surface area contributed by atoms with E-state index in [4.69, 9.17) is 14.1 Å². The molecule has 0 amide bonds. The highest BCUT2D eigenvalue weighted by atomic mass is 32.1. The number of rotatable bonds is 5. The molecule has 5 aromatic rings. The minimum absolute atomic E-state index is 0.495. The lowest BCUT2D eigenvalue weighted by Crippen LogP contribution is -2.05. The van der Waals surface area contributed by atoms with E-state index < -0.39 is 0 Å². The van der Waals surface area contributed by atoms with Gasteiger partial charge in [-0.05, 0) is 36.2 Å². The highest BCUT2D eigenvalue weighted by Gasteiger charge is 2.13. The first-order valence-electron chi connectivity index (χ1n) is 9.85. The fourth-order valence-electron chi connectivity index (χ4n) is 3.27. The van der Waals surface area contributed by atoms with Crippen LogP contribution in [0, 0.1) is 0 Å². The summed E-state index contributed by atoms with van der Waals surface area (Å²) in [5, 5.41) is 6.38. The average molecular weight is 446 g/mol. The van der Waals surface area contributed by atoms with Gasteiger partial charge in [0.1, 0.15) is 16.3 Å². The molecule has 0 unspecified atom stereocenters. The van der Waals surface area contributed by atoms with Crippen LogP contribution in [0.15, 0.2) is 74.9 Å². The quantitative estimate of drug-likeness (QED) is 0.310. The Labute approximate surface area is 187 Å². The molecule has 0 aliphatic carbocycles. The third-order valence-corrected chi connectivity index (χ3v) is 6.50. The summed E-state index contributed by atoms with van der Waals surface area (Å²) in [6.45, 7) is 2.15. The normalized spacial score (nSPS) is 11.9. The molecule has 3 aromatic heterocycles. The Kier molecular flexibility index (Phi) is 5.36. The zero-order chi connectivity index (χ0) is 21.2. The second-order valence-electron chi connectivity index (χ2n) is 6.88. The number of aromatic nitrogens is 2. The van der Waals surface area contributed by atoms with Crippen molar-refractivity contribution >= 4 is 38.8 Å². The van der Waals surface area contributed by atoms with Gasteiger partial charge >= 0.3 is 0 Å². The number of hydrogen-bond acceptors (Lipinski definition) is 7. The van der Waals surface area contributed by atoms with Crippen LogP contribution in [0.1, 0.15) is 12.5 Å². The van der Waals surface area contributed by atoms with Crippen molar-refractivity contribution in [2.75, 3.05) is 7.11 Å². The van der Waals surface area contributed by atoms with Gasteiger partial charge in [0, 0.05) is 27.9 Å². The monoisotopic (exact) mass is 445 g/mol. The van der Waals surface area contributed by atoms with Gasteiger partial charge in [-0.2, -0.15) is 4.99 Å². The lowest BCUT2D eigenvalue weighted by Gasteiger charge is -2.05. The molecule has 0 saturated carbocycles. The van der Waals surface area contributed by atoms with Gasteiger partial charge in [-0.3, -0.25) is 0 Å².